The van der Waals surface area contributed by atoms with E-state index in [9.17, 15) is 22.8 Å². The lowest BCUT2D eigenvalue weighted by Crippen LogP contribution is -2.39. The molecule has 9 nitrogen and oxygen atoms in total. The molecule has 0 amide bonds. The maximum absolute atomic E-state index is 15.0. The van der Waals surface area contributed by atoms with E-state index in [1.807, 2.05) is 4.90 Å². The molecule has 0 aliphatic rings. The molecular formula is C28H24F4N6O3S. The first-order valence-corrected chi connectivity index (χ1v) is 13.2. The number of hydrogen-bond acceptors (Lipinski definition) is 8. The van der Waals surface area contributed by atoms with Gasteiger partial charge < -0.3 is 15.4 Å². The van der Waals surface area contributed by atoms with Crippen molar-refractivity contribution >= 4 is 27.4 Å². The van der Waals surface area contributed by atoms with E-state index < -0.39 is 40.9 Å². The van der Waals surface area contributed by atoms with Gasteiger partial charge in [0.1, 0.15) is 16.5 Å². The zero-order chi connectivity index (χ0) is 30.3. The third-order valence-electron chi connectivity index (χ3n) is 6.52. The number of nitrogens with two attached hydrogens (primary N) is 1. The predicted molar refractivity (Wildman–Crippen MR) is 152 cm³/mol. The van der Waals surface area contributed by atoms with Gasteiger partial charge in [-0.1, -0.05) is 6.07 Å². The summed E-state index contributed by atoms with van der Waals surface area (Å²) in [5.74, 6) is -0.655. The lowest BCUT2D eigenvalue weighted by molar-refractivity contribution is -0.138. The summed E-state index contributed by atoms with van der Waals surface area (Å²) in [7, 11) is 4.96. The molecule has 14 heteroatoms. The van der Waals surface area contributed by atoms with Crippen LogP contribution in [0.2, 0.25) is 0 Å². The van der Waals surface area contributed by atoms with Gasteiger partial charge in [-0.2, -0.15) is 13.2 Å². The normalized spacial score (nSPS) is 11.9. The first-order chi connectivity index (χ1) is 19.9. The Morgan fingerprint density at radius 3 is 2.38 bits per heavy atom. The highest BCUT2D eigenvalue weighted by Crippen LogP contribution is 2.39. The van der Waals surface area contributed by atoms with Crippen LogP contribution in [0, 0.1) is 5.82 Å². The number of anilines is 1. The summed E-state index contributed by atoms with van der Waals surface area (Å²) in [5, 5.41) is 0.0980. The second-order valence-corrected chi connectivity index (χ2v) is 10.6. The molecule has 0 radical (unpaired) electrons. The topological polar surface area (TPSA) is 108 Å². The highest BCUT2D eigenvalue weighted by Gasteiger charge is 2.35. The second kappa shape index (κ2) is 11.0. The Kier molecular flexibility index (Phi) is 7.60. The molecule has 0 saturated heterocycles. The molecule has 5 aromatic rings. The summed E-state index contributed by atoms with van der Waals surface area (Å²) in [6.45, 7) is -0.552. The Morgan fingerprint density at radius 1 is 1.02 bits per heavy atom. The van der Waals surface area contributed by atoms with Crippen LogP contribution in [0.3, 0.4) is 0 Å². The summed E-state index contributed by atoms with van der Waals surface area (Å²) >= 11 is 1.03. The highest BCUT2D eigenvalue weighted by atomic mass is 32.1. The standard InChI is InChI=1S/C28H24F4N6O3S/c1-36(2)13-18-23-25(39)38(16-8-10-22(41-3)35-12-16)27(40)37(14-17-19(28(30,31)32)5-4-6-20(17)29)26(23)42-24(18)15-7-9-21(33)34-11-15/h4-12H,13-14H2,1-3H3,(H2,33,34). The number of nitrogen functional groups attached to an aromatic ring is 1. The van der Waals surface area contributed by atoms with E-state index in [1.54, 1.807) is 26.2 Å². The van der Waals surface area contributed by atoms with Gasteiger partial charge >= 0.3 is 11.9 Å². The molecule has 0 aliphatic heterocycles. The van der Waals surface area contributed by atoms with Crippen molar-refractivity contribution in [3.8, 4) is 22.0 Å². The van der Waals surface area contributed by atoms with Crippen molar-refractivity contribution < 1.29 is 22.3 Å². The molecule has 0 atom stereocenters. The van der Waals surface area contributed by atoms with E-state index in [1.165, 1.54) is 31.6 Å². The van der Waals surface area contributed by atoms with Gasteiger partial charge in [0.15, 0.2) is 0 Å². The Balaban J connectivity index is 1.90. The van der Waals surface area contributed by atoms with Gasteiger partial charge in [-0.15, -0.1) is 11.3 Å². The smallest absolute Gasteiger partial charge is 0.416 e. The largest absolute Gasteiger partial charge is 0.481 e. The zero-order valence-electron chi connectivity index (χ0n) is 22.6. The minimum absolute atomic E-state index is 0.0590. The van der Waals surface area contributed by atoms with Gasteiger partial charge in [0.25, 0.3) is 5.56 Å². The van der Waals surface area contributed by atoms with Crippen LogP contribution in [-0.4, -0.2) is 45.2 Å². The fourth-order valence-electron chi connectivity index (χ4n) is 4.64. The van der Waals surface area contributed by atoms with E-state index in [-0.39, 0.29) is 34.1 Å². The number of benzene rings is 1. The maximum Gasteiger partial charge on any atom is 0.416 e. The Hall–Kier alpha value is -4.56. The van der Waals surface area contributed by atoms with Gasteiger partial charge in [0, 0.05) is 34.8 Å². The number of aromatic nitrogens is 4. The first-order valence-electron chi connectivity index (χ1n) is 12.4. The first kappa shape index (κ1) is 29.0. The van der Waals surface area contributed by atoms with Crippen LogP contribution in [0.1, 0.15) is 16.7 Å². The number of rotatable bonds is 7. The summed E-state index contributed by atoms with van der Waals surface area (Å²) in [4.78, 5) is 38.7. The summed E-state index contributed by atoms with van der Waals surface area (Å²) in [5.41, 5.74) is 3.31. The Labute approximate surface area is 240 Å². The number of nitrogens with zero attached hydrogens (tertiary/aromatic N) is 5. The molecule has 4 aromatic heterocycles. The van der Waals surface area contributed by atoms with Crippen LogP contribution in [0.5, 0.6) is 5.88 Å². The molecule has 4 heterocycles. The number of halogens is 4. The minimum atomic E-state index is -4.89. The zero-order valence-corrected chi connectivity index (χ0v) is 23.4. The molecule has 0 saturated carbocycles. The fraction of sp³-hybridized carbons (Fsp3) is 0.214. The van der Waals surface area contributed by atoms with E-state index in [0.717, 1.165) is 38.7 Å². The number of thiophene rings is 1. The van der Waals surface area contributed by atoms with Crippen molar-refractivity contribution in [2.45, 2.75) is 19.3 Å². The van der Waals surface area contributed by atoms with E-state index in [2.05, 4.69) is 9.97 Å². The molecule has 1 aromatic carbocycles. The van der Waals surface area contributed by atoms with Gasteiger partial charge in [0.2, 0.25) is 5.88 Å². The van der Waals surface area contributed by atoms with Gasteiger partial charge in [-0.05, 0) is 50.0 Å². The van der Waals surface area contributed by atoms with E-state index in [0.29, 0.717) is 16.0 Å². The third-order valence-corrected chi connectivity index (χ3v) is 7.83. The fourth-order valence-corrected chi connectivity index (χ4v) is 5.93. The highest BCUT2D eigenvalue weighted by molar-refractivity contribution is 7.22. The molecule has 0 aliphatic carbocycles. The van der Waals surface area contributed by atoms with Crippen molar-refractivity contribution in [1.82, 2.24) is 24.0 Å². The van der Waals surface area contributed by atoms with Crippen molar-refractivity contribution in [2.75, 3.05) is 26.9 Å². The minimum Gasteiger partial charge on any atom is -0.481 e. The van der Waals surface area contributed by atoms with Gasteiger partial charge in [0.05, 0.1) is 36.5 Å². The average molecular weight is 601 g/mol. The van der Waals surface area contributed by atoms with Crippen molar-refractivity contribution in [3.05, 3.63) is 98.2 Å². The van der Waals surface area contributed by atoms with Crippen molar-refractivity contribution in [1.29, 1.82) is 0 Å². The van der Waals surface area contributed by atoms with Crippen LogP contribution in [-0.2, 0) is 19.3 Å². The molecule has 42 heavy (non-hydrogen) atoms. The number of pyridine rings is 2. The lowest BCUT2D eigenvalue weighted by Gasteiger charge is -2.17. The number of ether oxygens (including phenoxy) is 1. The van der Waals surface area contributed by atoms with Crippen molar-refractivity contribution in [2.24, 2.45) is 0 Å². The second-order valence-electron chi connectivity index (χ2n) is 9.63. The number of methoxy groups -OCH3 is 1. The lowest BCUT2D eigenvalue weighted by atomic mass is 10.1. The van der Waals surface area contributed by atoms with E-state index >= 15 is 4.39 Å². The van der Waals surface area contributed by atoms with Gasteiger partial charge in [-0.3, -0.25) is 9.36 Å². The Morgan fingerprint density at radius 2 is 1.79 bits per heavy atom. The molecule has 0 unspecified atom stereocenters. The summed E-state index contributed by atoms with van der Waals surface area (Å²) in [6.07, 6.45) is -2.14. The van der Waals surface area contributed by atoms with Crippen LogP contribution in [0.4, 0.5) is 23.4 Å². The van der Waals surface area contributed by atoms with Crippen LogP contribution in [0.25, 0.3) is 26.3 Å². The summed E-state index contributed by atoms with van der Waals surface area (Å²) in [6, 6.07) is 8.74. The molecule has 0 fully saturated rings. The maximum atomic E-state index is 15.0. The number of fused-ring (bicyclic) bond motifs is 1. The predicted octanol–water partition coefficient (Wildman–Crippen LogP) is 4.53. The molecule has 2 N–H and O–H groups in total. The van der Waals surface area contributed by atoms with Crippen LogP contribution < -0.4 is 21.7 Å². The summed E-state index contributed by atoms with van der Waals surface area (Å²) < 4.78 is 63.7. The molecule has 0 bridgehead atoms. The SMILES string of the molecule is COc1ccc(-n2c(=O)c3c(CN(C)C)c(-c4ccc(N)nc4)sc3n(Cc3c(F)cccc3C(F)(F)F)c2=O)cn1. The molecular weight excluding hydrogens is 576 g/mol. The van der Waals surface area contributed by atoms with Gasteiger partial charge in [-0.25, -0.2) is 23.7 Å². The third kappa shape index (κ3) is 5.25. The van der Waals surface area contributed by atoms with Crippen molar-refractivity contribution in [3.63, 3.8) is 0 Å². The molecule has 5 rings (SSSR count). The van der Waals surface area contributed by atoms with Crippen LogP contribution >= 0.6 is 11.3 Å². The Bertz CT molecular complexity index is 1900. The van der Waals surface area contributed by atoms with Crippen LogP contribution in [0.15, 0.2) is 64.4 Å². The quantitative estimate of drug-likeness (QED) is 0.274. The van der Waals surface area contributed by atoms with E-state index in [4.69, 9.17) is 10.5 Å². The number of hydrogen-bond donors (Lipinski definition) is 1. The number of alkyl halides is 3. The molecule has 0 spiro atoms. The molecule has 218 valence electrons. The average Bonchev–Trinajstić information content (AvgIpc) is 3.30. The monoisotopic (exact) mass is 600 g/mol.